The Kier molecular flexibility index (Phi) is 4.93. The first-order chi connectivity index (χ1) is 9.13. The fraction of sp³-hybridized carbons (Fsp3) is 0.500. The van der Waals surface area contributed by atoms with Gasteiger partial charge in [-0.3, -0.25) is 4.79 Å². The number of carbonyl (C=O) groups excluding carboxylic acids is 1. The van der Waals surface area contributed by atoms with Crippen molar-refractivity contribution in [3.8, 4) is 0 Å². The highest BCUT2D eigenvalue weighted by Crippen LogP contribution is 2.22. The summed E-state index contributed by atoms with van der Waals surface area (Å²) in [6, 6.07) is 4.67. The number of benzene rings is 1. The fourth-order valence-corrected chi connectivity index (χ4v) is 2.89. The minimum atomic E-state index is -0.345. The molecule has 5 heteroatoms. The molecule has 0 aliphatic carbocycles. The van der Waals surface area contributed by atoms with E-state index in [-0.39, 0.29) is 17.8 Å². The van der Waals surface area contributed by atoms with E-state index in [1.54, 1.807) is 12.1 Å². The third-order valence-electron chi connectivity index (χ3n) is 3.49. The molecule has 104 valence electrons. The van der Waals surface area contributed by atoms with Gasteiger partial charge in [-0.2, -0.15) is 0 Å². The second-order valence-electron chi connectivity index (χ2n) is 4.83. The number of nitrogens with zero attached hydrogens (tertiary/aromatic N) is 1. The number of hydrogen-bond acceptors (Lipinski definition) is 2. The van der Waals surface area contributed by atoms with E-state index in [4.69, 9.17) is 0 Å². The molecule has 3 nitrogen and oxygen atoms in total. The second-order valence-corrected chi connectivity index (χ2v) is 5.69. The summed E-state index contributed by atoms with van der Waals surface area (Å²) < 4.78 is 13.6. The smallest absolute Gasteiger partial charge is 0.254 e. The molecule has 1 aromatic carbocycles. The van der Waals surface area contributed by atoms with Crippen LogP contribution in [0.4, 0.5) is 4.39 Å². The summed E-state index contributed by atoms with van der Waals surface area (Å²) in [5.74, 6) is -0.359. The van der Waals surface area contributed by atoms with Gasteiger partial charge >= 0.3 is 0 Å². The van der Waals surface area contributed by atoms with E-state index in [9.17, 15) is 9.18 Å². The van der Waals surface area contributed by atoms with Crippen molar-refractivity contribution < 1.29 is 9.18 Å². The van der Waals surface area contributed by atoms with Gasteiger partial charge in [0.2, 0.25) is 0 Å². The molecule has 1 unspecified atom stereocenters. The number of nitrogens with one attached hydrogen (secondary N) is 1. The minimum absolute atomic E-state index is 0.0133. The monoisotopic (exact) mass is 328 g/mol. The Bertz CT molecular complexity index is 465. The highest BCUT2D eigenvalue weighted by molar-refractivity contribution is 9.10. The number of likely N-dealkylation sites (N-methyl/N-ethyl adjacent to an activating group) is 1. The molecule has 0 spiro atoms. The third-order valence-corrected chi connectivity index (χ3v) is 4.10. The summed E-state index contributed by atoms with van der Waals surface area (Å²) in [4.78, 5) is 14.4. The zero-order valence-corrected chi connectivity index (χ0v) is 12.5. The molecule has 19 heavy (non-hydrogen) atoms. The van der Waals surface area contributed by atoms with Gasteiger partial charge in [0.15, 0.2) is 0 Å². The highest BCUT2D eigenvalue weighted by Gasteiger charge is 2.27. The molecule has 1 atom stereocenters. The van der Waals surface area contributed by atoms with Gasteiger partial charge in [-0.1, -0.05) is 0 Å². The van der Waals surface area contributed by atoms with Crippen LogP contribution in [0.1, 0.15) is 29.6 Å². The van der Waals surface area contributed by atoms with Gasteiger partial charge in [0.1, 0.15) is 5.82 Å². The van der Waals surface area contributed by atoms with Crippen molar-refractivity contribution in [2.75, 3.05) is 20.1 Å². The van der Waals surface area contributed by atoms with Crippen LogP contribution < -0.4 is 5.32 Å². The number of amides is 1. The van der Waals surface area contributed by atoms with E-state index in [0.29, 0.717) is 10.0 Å². The molecule has 1 amide bonds. The molecule has 2 rings (SSSR count). The minimum Gasteiger partial charge on any atom is -0.334 e. The molecule has 1 aliphatic heterocycles. The van der Waals surface area contributed by atoms with Crippen LogP contribution in [0.15, 0.2) is 22.7 Å². The predicted molar refractivity (Wildman–Crippen MR) is 76.7 cm³/mol. The van der Waals surface area contributed by atoms with Crippen LogP contribution >= 0.6 is 15.9 Å². The maximum absolute atomic E-state index is 13.2. The third kappa shape index (κ3) is 3.34. The summed E-state index contributed by atoms with van der Waals surface area (Å²) in [5.41, 5.74) is 0.538. The molecule has 0 aromatic heterocycles. The molecule has 1 aromatic rings. The largest absolute Gasteiger partial charge is 0.334 e. The summed E-state index contributed by atoms with van der Waals surface area (Å²) in [6.07, 6.45) is 3.21. The van der Waals surface area contributed by atoms with E-state index < -0.39 is 0 Å². The lowest BCUT2D eigenvalue weighted by atomic mass is 10.0. The van der Waals surface area contributed by atoms with Crippen LogP contribution in [-0.2, 0) is 0 Å². The van der Waals surface area contributed by atoms with Crippen molar-refractivity contribution in [1.82, 2.24) is 10.2 Å². The molecule has 0 radical (unpaired) electrons. The van der Waals surface area contributed by atoms with E-state index in [1.807, 2.05) is 11.9 Å². The van der Waals surface area contributed by atoms with Crippen LogP contribution in [0.3, 0.4) is 0 Å². The first-order valence-electron chi connectivity index (χ1n) is 6.54. The van der Waals surface area contributed by atoms with E-state index in [1.165, 1.54) is 6.07 Å². The quantitative estimate of drug-likeness (QED) is 0.925. The lowest BCUT2D eigenvalue weighted by Gasteiger charge is -2.35. The van der Waals surface area contributed by atoms with Crippen molar-refractivity contribution >= 4 is 21.8 Å². The number of rotatable bonds is 3. The number of hydrogen-bond donors (Lipinski definition) is 1. The summed E-state index contributed by atoms with van der Waals surface area (Å²) >= 11 is 3.13. The second kappa shape index (κ2) is 6.48. The van der Waals surface area contributed by atoms with Crippen LogP contribution in [0.5, 0.6) is 0 Å². The Morgan fingerprint density at radius 1 is 1.53 bits per heavy atom. The molecular formula is C14H18BrFN2O. The van der Waals surface area contributed by atoms with Gasteiger partial charge in [-0.25, -0.2) is 4.39 Å². The van der Waals surface area contributed by atoms with E-state index in [0.717, 1.165) is 32.4 Å². The first-order valence-corrected chi connectivity index (χ1v) is 7.33. The molecule has 0 bridgehead atoms. The molecule has 0 saturated carbocycles. The average Bonchev–Trinajstić information content (AvgIpc) is 2.42. The number of halogens is 2. The molecule has 1 aliphatic rings. The summed E-state index contributed by atoms with van der Waals surface area (Å²) in [5, 5.41) is 3.13. The Morgan fingerprint density at radius 2 is 2.32 bits per heavy atom. The first kappa shape index (κ1) is 14.5. The summed E-state index contributed by atoms with van der Waals surface area (Å²) in [7, 11) is 1.89. The van der Waals surface area contributed by atoms with Crippen LogP contribution in [0.25, 0.3) is 0 Å². The maximum Gasteiger partial charge on any atom is 0.254 e. The lowest BCUT2D eigenvalue weighted by Crippen LogP contribution is -2.48. The van der Waals surface area contributed by atoms with Gasteiger partial charge in [0, 0.05) is 24.7 Å². The highest BCUT2D eigenvalue weighted by atomic mass is 79.9. The van der Waals surface area contributed by atoms with Gasteiger partial charge < -0.3 is 10.2 Å². The predicted octanol–water partition coefficient (Wildman–Crippen LogP) is 2.80. The van der Waals surface area contributed by atoms with Crippen molar-refractivity contribution in [1.29, 1.82) is 0 Å². The average molecular weight is 329 g/mol. The fourth-order valence-electron chi connectivity index (χ4n) is 2.51. The van der Waals surface area contributed by atoms with Gasteiger partial charge in [0.25, 0.3) is 5.91 Å². The van der Waals surface area contributed by atoms with E-state index in [2.05, 4.69) is 21.2 Å². The van der Waals surface area contributed by atoms with Crippen LogP contribution in [0, 0.1) is 5.82 Å². The van der Waals surface area contributed by atoms with Crippen molar-refractivity contribution in [3.05, 3.63) is 34.1 Å². The molecule has 1 N–H and O–H groups in total. The number of carbonyl (C=O) groups is 1. The van der Waals surface area contributed by atoms with Crippen molar-refractivity contribution in [2.45, 2.75) is 25.3 Å². The van der Waals surface area contributed by atoms with Gasteiger partial charge in [-0.05, 0) is 60.4 Å². The SMILES string of the molecule is CNCC1CCCCN1C(=O)c1ccc(F)c(Br)c1. The topological polar surface area (TPSA) is 32.3 Å². The van der Waals surface area contributed by atoms with Crippen LogP contribution in [0.2, 0.25) is 0 Å². The Labute approximate surface area is 121 Å². The molecule has 1 heterocycles. The Balaban J connectivity index is 2.18. The Hall–Kier alpha value is -0.940. The maximum atomic E-state index is 13.2. The van der Waals surface area contributed by atoms with Gasteiger partial charge in [-0.15, -0.1) is 0 Å². The van der Waals surface area contributed by atoms with Crippen LogP contribution in [-0.4, -0.2) is 37.0 Å². The molecular weight excluding hydrogens is 311 g/mol. The standard InChI is InChI=1S/C14H18BrFN2O/c1-17-9-11-4-2-3-7-18(11)14(19)10-5-6-13(16)12(15)8-10/h5-6,8,11,17H,2-4,7,9H2,1H3. The van der Waals surface area contributed by atoms with E-state index >= 15 is 0 Å². The van der Waals surface area contributed by atoms with Crippen molar-refractivity contribution in [2.24, 2.45) is 0 Å². The number of piperidine rings is 1. The normalized spacial score (nSPS) is 19.5. The summed E-state index contributed by atoms with van der Waals surface area (Å²) in [6.45, 7) is 1.58. The molecule has 1 fully saturated rings. The lowest BCUT2D eigenvalue weighted by molar-refractivity contribution is 0.0615. The molecule has 1 saturated heterocycles. The Morgan fingerprint density at radius 3 is 3.00 bits per heavy atom. The van der Waals surface area contributed by atoms with Gasteiger partial charge in [0.05, 0.1) is 4.47 Å². The zero-order valence-electron chi connectivity index (χ0n) is 11.0. The zero-order chi connectivity index (χ0) is 13.8. The number of likely N-dealkylation sites (tertiary alicyclic amines) is 1. The van der Waals surface area contributed by atoms with Crippen molar-refractivity contribution in [3.63, 3.8) is 0 Å².